The van der Waals surface area contributed by atoms with Crippen LogP contribution in [0.5, 0.6) is 0 Å². The minimum absolute atomic E-state index is 0.00205. The minimum Gasteiger partial charge on any atom is -0.600 e. The molecule has 5 heteroatoms. The van der Waals surface area contributed by atoms with E-state index in [9.17, 15) is 5.21 Å². The van der Waals surface area contributed by atoms with E-state index in [1.807, 2.05) is 0 Å². The monoisotopic (exact) mass is 283 g/mol. The number of epoxide rings is 2. The summed E-state index contributed by atoms with van der Waals surface area (Å²) in [5.41, 5.74) is 0. The van der Waals surface area contributed by atoms with Gasteiger partial charge in [0.2, 0.25) is 0 Å². The molecule has 9 unspecified atom stereocenters. The Labute approximate surface area is 120 Å². The van der Waals surface area contributed by atoms with Gasteiger partial charge < -0.3 is 14.7 Å². The van der Waals surface area contributed by atoms with Crippen molar-refractivity contribution >= 4 is 0 Å². The van der Waals surface area contributed by atoms with Gasteiger partial charge in [0.1, 0.15) is 12.1 Å². The van der Waals surface area contributed by atoms with Crippen LogP contribution in [0.25, 0.3) is 0 Å². The third-order valence-electron chi connectivity index (χ3n) is 5.78. The molecule has 0 amide bonds. The Balaban J connectivity index is 1.30. The Kier molecular flexibility index (Phi) is 3.31. The first-order valence-corrected chi connectivity index (χ1v) is 8.13. The largest absolute Gasteiger partial charge is 0.600 e. The van der Waals surface area contributed by atoms with Gasteiger partial charge in [0, 0.05) is 12.3 Å². The summed E-state index contributed by atoms with van der Waals surface area (Å²) >= 11 is 0. The van der Waals surface area contributed by atoms with Crippen molar-refractivity contribution < 1.29 is 19.5 Å². The average molecular weight is 283 g/mol. The number of rotatable bonds is 4. The molecule has 0 spiro atoms. The van der Waals surface area contributed by atoms with Crippen LogP contribution >= 0.6 is 0 Å². The summed E-state index contributed by atoms with van der Waals surface area (Å²) in [5, 5.41) is 12.4. The van der Waals surface area contributed by atoms with Crippen molar-refractivity contribution in [1.29, 1.82) is 0 Å². The topological polar surface area (TPSA) is 61.8 Å². The van der Waals surface area contributed by atoms with Crippen molar-refractivity contribution in [3.63, 3.8) is 0 Å². The van der Waals surface area contributed by atoms with Gasteiger partial charge >= 0.3 is 0 Å². The number of nitrogens with one attached hydrogen (secondary N) is 1. The van der Waals surface area contributed by atoms with Crippen molar-refractivity contribution in [2.45, 2.75) is 82.5 Å². The predicted octanol–water partition coefficient (Wildman–Crippen LogP) is 0.823. The van der Waals surface area contributed by atoms with Gasteiger partial charge in [-0.25, -0.2) is 10.1 Å². The van der Waals surface area contributed by atoms with Crippen LogP contribution < -0.4 is 5.23 Å². The van der Waals surface area contributed by atoms with Gasteiger partial charge in [-0.15, -0.1) is 0 Å². The summed E-state index contributed by atoms with van der Waals surface area (Å²) in [6.07, 6.45) is 6.93. The van der Waals surface area contributed by atoms with Crippen LogP contribution in [-0.2, 0) is 14.3 Å². The normalized spacial score (nSPS) is 52.6. The van der Waals surface area contributed by atoms with Crippen LogP contribution in [0.3, 0.4) is 0 Å². The van der Waals surface area contributed by atoms with Crippen LogP contribution in [0.1, 0.15) is 46.0 Å². The lowest BCUT2D eigenvalue weighted by molar-refractivity contribution is -1.08. The molecule has 114 valence electrons. The first kappa shape index (κ1) is 13.5. The second kappa shape index (κ2) is 4.92. The highest BCUT2D eigenvalue weighted by Gasteiger charge is 2.50. The van der Waals surface area contributed by atoms with Gasteiger partial charge in [-0.2, -0.15) is 0 Å². The van der Waals surface area contributed by atoms with Gasteiger partial charge in [0.25, 0.3) is 0 Å². The van der Waals surface area contributed by atoms with Gasteiger partial charge in [-0.3, -0.25) is 0 Å². The highest BCUT2D eigenvalue weighted by atomic mass is 16.9. The van der Waals surface area contributed by atoms with E-state index in [-0.39, 0.29) is 17.4 Å². The first-order valence-electron chi connectivity index (χ1n) is 8.13. The Morgan fingerprint density at radius 2 is 1.75 bits per heavy atom. The maximum atomic E-state index is 12.4. The fourth-order valence-electron chi connectivity index (χ4n) is 4.16. The molecular weight excluding hydrogens is 258 g/mol. The maximum absolute atomic E-state index is 12.4. The zero-order chi connectivity index (χ0) is 13.9. The molecule has 5 nitrogen and oxygen atoms in total. The lowest BCUT2D eigenvalue weighted by atomic mass is 9.85. The summed E-state index contributed by atoms with van der Waals surface area (Å²) in [5.74, 6) is 0.868. The van der Waals surface area contributed by atoms with E-state index >= 15 is 0 Å². The molecule has 9 atom stereocenters. The van der Waals surface area contributed by atoms with Gasteiger partial charge in [0.15, 0.2) is 0 Å². The number of hydrogen-bond donors (Lipinski definition) is 1. The maximum Gasteiger partial charge on any atom is 0.122 e. The van der Waals surface area contributed by atoms with Crippen LogP contribution in [0, 0.1) is 17.0 Å². The molecule has 2 aliphatic carbocycles. The van der Waals surface area contributed by atoms with E-state index in [2.05, 4.69) is 13.8 Å². The summed E-state index contributed by atoms with van der Waals surface area (Å²) in [4.78, 5) is 5.78. The zero-order valence-electron chi connectivity index (χ0n) is 12.3. The molecule has 2 aliphatic heterocycles. The Morgan fingerprint density at radius 1 is 1.05 bits per heavy atom. The van der Waals surface area contributed by atoms with E-state index in [0.29, 0.717) is 36.3 Å². The van der Waals surface area contributed by atoms with Crippen LogP contribution in [0.2, 0.25) is 0 Å². The second-order valence-corrected chi connectivity index (χ2v) is 7.20. The predicted molar refractivity (Wildman–Crippen MR) is 71.7 cm³/mol. The van der Waals surface area contributed by atoms with E-state index < -0.39 is 0 Å². The average Bonchev–Trinajstić information content (AvgIpc) is 3.30. The Bertz CT molecular complexity index is 379. The van der Waals surface area contributed by atoms with Gasteiger partial charge in [0.05, 0.1) is 24.4 Å². The van der Waals surface area contributed by atoms with E-state index in [4.69, 9.17) is 14.3 Å². The number of ether oxygens (including phenoxy) is 2. The zero-order valence-corrected chi connectivity index (χ0v) is 12.3. The highest BCUT2D eigenvalue weighted by molar-refractivity contribution is 4.95. The SMILES string of the molecule is CC1CC2OC2CC1[NH+]([O-])OC(C)C1CCC2OC2C1. The molecule has 4 rings (SSSR count). The minimum atomic E-state index is -0.00205. The van der Waals surface area contributed by atoms with Crippen LogP contribution in [-0.4, -0.2) is 36.6 Å². The lowest BCUT2D eigenvalue weighted by Crippen LogP contribution is -3.12. The summed E-state index contributed by atoms with van der Waals surface area (Å²) in [7, 11) is 0. The third-order valence-corrected chi connectivity index (χ3v) is 5.78. The molecule has 1 N–H and O–H groups in total. The van der Waals surface area contributed by atoms with Crippen molar-refractivity contribution in [2.75, 3.05) is 0 Å². The smallest absolute Gasteiger partial charge is 0.122 e. The van der Waals surface area contributed by atoms with Crippen LogP contribution in [0.15, 0.2) is 0 Å². The van der Waals surface area contributed by atoms with E-state index in [1.54, 1.807) is 0 Å². The van der Waals surface area contributed by atoms with Gasteiger partial charge in [-0.05, 0) is 38.5 Å². The molecule has 2 saturated heterocycles. The van der Waals surface area contributed by atoms with Crippen molar-refractivity contribution in [3.8, 4) is 0 Å². The number of quaternary nitrogens is 1. The molecule has 0 bridgehead atoms. The Morgan fingerprint density at radius 3 is 2.55 bits per heavy atom. The fourth-order valence-corrected chi connectivity index (χ4v) is 4.16. The molecule has 2 heterocycles. The molecule has 2 saturated carbocycles. The molecule has 0 aromatic carbocycles. The number of fused-ring (bicyclic) bond motifs is 2. The molecule has 4 fully saturated rings. The van der Waals surface area contributed by atoms with Crippen molar-refractivity contribution in [1.82, 2.24) is 0 Å². The molecule has 0 aromatic rings. The standard InChI is InChI=1S/C15H25NO4/c1-8-5-13-15(19-13)7-11(8)16(17)20-9(2)10-3-4-12-14(6-10)18-12/h8-16H,3-7H2,1-2H3. The molecular formula is C15H25NO4. The molecule has 20 heavy (non-hydrogen) atoms. The lowest BCUT2D eigenvalue weighted by Gasteiger charge is -2.37. The highest BCUT2D eigenvalue weighted by Crippen LogP contribution is 2.41. The molecule has 0 aromatic heterocycles. The fraction of sp³-hybridized carbons (Fsp3) is 1.00. The third kappa shape index (κ3) is 2.50. The number of hydrogen-bond acceptors (Lipinski definition) is 4. The van der Waals surface area contributed by atoms with E-state index in [1.165, 1.54) is 0 Å². The summed E-state index contributed by atoms with van der Waals surface area (Å²) in [6, 6.07) is 0.0368. The molecule has 4 aliphatic rings. The Hall–Kier alpha value is -0.200. The summed E-state index contributed by atoms with van der Waals surface area (Å²) < 4.78 is 11.1. The van der Waals surface area contributed by atoms with Gasteiger partial charge in [-0.1, -0.05) is 6.92 Å². The van der Waals surface area contributed by atoms with Crippen LogP contribution in [0.4, 0.5) is 0 Å². The second-order valence-electron chi connectivity index (χ2n) is 7.20. The molecule has 0 radical (unpaired) electrons. The number of hydroxylamine groups is 2. The van der Waals surface area contributed by atoms with E-state index in [0.717, 1.165) is 32.1 Å². The van der Waals surface area contributed by atoms with Crippen molar-refractivity contribution in [3.05, 3.63) is 5.21 Å². The first-order chi connectivity index (χ1) is 9.61. The summed E-state index contributed by atoms with van der Waals surface area (Å²) in [6.45, 7) is 4.20. The quantitative estimate of drug-likeness (QED) is 0.613. The van der Waals surface area contributed by atoms with Crippen molar-refractivity contribution in [2.24, 2.45) is 11.8 Å².